The second kappa shape index (κ2) is 7.42. The minimum Gasteiger partial charge on any atom is -0.330 e. The first-order chi connectivity index (χ1) is 7.76. The molecule has 2 heteroatoms. The molecule has 1 unspecified atom stereocenters. The molecule has 0 radical (unpaired) electrons. The van der Waals surface area contributed by atoms with Gasteiger partial charge in [-0.3, -0.25) is 0 Å². The van der Waals surface area contributed by atoms with E-state index in [1.807, 2.05) is 0 Å². The summed E-state index contributed by atoms with van der Waals surface area (Å²) in [6, 6.07) is 10.6. The van der Waals surface area contributed by atoms with Crippen molar-refractivity contribution < 1.29 is 0 Å². The highest BCUT2D eigenvalue weighted by molar-refractivity contribution is 5.14. The quantitative estimate of drug-likeness (QED) is 0.765. The van der Waals surface area contributed by atoms with E-state index in [1.54, 1.807) is 0 Å². The first-order valence-electron chi connectivity index (χ1n) is 6.18. The van der Waals surface area contributed by atoms with Gasteiger partial charge in [-0.2, -0.15) is 0 Å². The Hall–Kier alpha value is -0.860. The summed E-state index contributed by atoms with van der Waals surface area (Å²) in [6.45, 7) is 5.19. The van der Waals surface area contributed by atoms with Crippen molar-refractivity contribution in [3.63, 3.8) is 0 Å². The molecule has 2 nitrogen and oxygen atoms in total. The maximum absolute atomic E-state index is 5.70. The monoisotopic (exact) mass is 220 g/mol. The molecular weight excluding hydrogens is 196 g/mol. The van der Waals surface area contributed by atoms with Crippen molar-refractivity contribution in [3.05, 3.63) is 35.9 Å². The molecule has 0 aliphatic carbocycles. The van der Waals surface area contributed by atoms with Crippen LogP contribution in [0.3, 0.4) is 0 Å². The first kappa shape index (κ1) is 13.2. The highest BCUT2D eigenvalue weighted by Crippen LogP contribution is 2.08. The molecule has 0 saturated carbocycles. The average Bonchev–Trinajstić information content (AvgIpc) is 2.31. The Balaban J connectivity index is 2.28. The smallest absolute Gasteiger partial charge is 0.0230 e. The molecule has 0 heterocycles. The van der Waals surface area contributed by atoms with Crippen LogP contribution in [0.15, 0.2) is 30.3 Å². The van der Waals surface area contributed by atoms with Crippen LogP contribution in [-0.2, 0) is 6.54 Å². The van der Waals surface area contributed by atoms with Gasteiger partial charge in [0.05, 0.1) is 0 Å². The molecule has 0 bridgehead atoms. The molecule has 2 N–H and O–H groups in total. The van der Waals surface area contributed by atoms with Crippen LogP contribution in [0.1, 0.15) is 25.3 Å². The van der Waals surface area contributed by atoms with Gasteiger partial charge in [0.25, 0.3) is 0 Å². The lowest BCUT2D eigenvalue weighted by Crippen LogP contribution is -2.24. The van der Waals surface area contributed by atoms with Crippen molar-refractivity contribution in [2.45, 2.75) is 26.3 Å². The standard InChI is InChI=1S/C14H24N2/c1-3-13(11-15)9-10-16(2)12-14-7-5-4-6-8-14/h4-8,13H,3,9-12,15H2,1-2H3. The first-order valence-corrected chi connectivity index (χ1v) is 6.18. The van der Waals surface area contributed by atoms with Crippen LogP contribution in [0, 0.1) is 5.92 Å². The van der Waals surface area contributed by atoms with Gasteiger partial charge in [-0.05, 0) is 38.0 Å². The predicted molar refractivity (Wildman–Crippen MR) is 70.2 cm³/mol. The second-order valence-corrected chi connectivity index (χ2v) is 4.52. The highest BCUT2D eigenvalue weighted by atomic mass is 15.1. The van der Waals surface area contributed by atoms with E-state index >= 15 is 0 Å². The normalized spacial score (nSPS) is 13.0. The van der Waals surface area contributed by atoms with Crippen molar-refractivity contribution in [1.82, 2.24) is 4.90 Å². The molecule has 1 atom stereocenters. The van der Waals surface area contributed by atoms with Crippen molar-refractivity contribution in [2.75, 3.05) is 20.1 Å². The SMILES string of the molecule is CCC(CN)CCN(C)Cc1ccccc1. The Morgan fingerprint density at radius 1 is 1.25 bits per heavy atom. The van der Waals surface area contributed by atoms with E-state index in [9.17, 15) is 0 Å². The molecule has 16 heavy (non-hydrogen) atoms. The summed E-state index contributed by atoms with van der Waals surface area (Å²) >= 11 is 0. The molecule has 0 fully saturated rings. The van der Waals surface area contributed by atoms with Crippen molar-refractivity contribution >= 4 is 0 Å². The van der Waals surface area contributed by atoms with Gasteiger partial charge in [-0.1, -0.05) is 43.7 Å². The number of hydrogen-bond donors (Lipinski definition) is 1. The molecule has 0 aliphatic heterocycles. The fourth-order valence-electron chi connectivity index (χ4n) is 1.87. The van der Waals surface area contributed by atoms with E-state index in [-0.39, 0.29) is 0 Å². The van der Waals surface area contributed by atoms with Crippen LogP contribution in [0.2, 0.25) is 0 Å². The molecule has 0 aromatic heterocycles. The van der Waals surface area contributed by atoms with Crippen LogP contribution in [0.4, 0.5) is 0 Å². The van der Waals surface area contributed by atoms with Gasteiger partial charge in [-0.25, -0.2) is 0 Å². The van der Waals surface area contributed by atoms with Crippen molar-refractivity contribution in [1.29, 1.82) is 0 Å². The lowest BCUT2D eigenvalue weighted by atomic mass is 10.0. The number of hydrogen-bond acceptors (Lipinski definition) is 2. The Kier molecular flexibility index (Phi) is 6.12. The number of nitrogens with two attached hydrogens (primary N) is 1. The van der Waals surface area contributed by atoms with Crippen LogP contribution >= 0.6 is 0 Å². The Labute approximate surface area is 99.5 Å². The zero-order valence-electron chi connectivity index (χ0n) is 10.5. The largest absolute Gasteiger partial charge is 0.330 e. The lowest BCUT2D eigenvalue weighted by Gasteiger charge is -2.19. The minimum atomic E-state index is 0.679. The summed E-state index contributed by atoms with van der Waals surface area (Å²) in [5.41, 5.74) is 7.08. The number of nitrogens with zero attached hydrogens (tertiary/aromatic N) is 1. The second-order valence-electron chi connectivity index (χ2n) is 4.52. The topological polar surface area (TPSA) is 29.3 Å². The van der Waals surface area contributed by atoms with Gasteiger partial charge in [0.1, 0.15) is 0 Å². The molecule has 90 valence electrons. The van der Waals surface area contributed by atoms with Gasteiger partial charge in [0.15, 0.2) is 0 Å². The van der Waals surface area contributed by atoms with Crippen molar-refractivity contribution in [2.24, 2.45) is 11.7 Å². The maximum Gasteiger partial charge on any atom is 0.0230 e. The molecule has 0 amide bonds. The molecule has 1 rings (SSSR count). The van der Waals surface area contributed by atoms with E-state index in [2.05, 4.69) is 49.2 Å². The fraction of sp³-hybridized carbons (Fsp3) is 0.571. The van der Waals surface area contributed by atoms with Gasteiger partial charge >= 0.3 is 0 Å². The van der Waals surface area contributed by atoms with Crippen LogP contribution in [0.25, 0.3) is 0 Å². The fourth-order valence-corrected chi connectivity index (χ4v) is 1.87. The summed E-state index contributed by atoms with van der Waals surface area (Å²) in [5, 5.41) is 0. The molecular formula is C14H24N2. The van der Waals surface area contributed by atoms with E-state index in [4.69, 9.17) is 5.73 Å². The Bertz CT molecular complexity index is 267. The van der Waals surface area contributed by atoms with Gasteiger partial charge < -0.3 is 10.6 Å². The number of rotatable bonds is 7. The maximum atomic E-state index is 5.70. The Morgan fingerprint density at radius 3 is 2.50 bits per heavy atom. The molecule has 1 aromatic rings. The molecule has 0 spiro atoms. The molecule has 0 saturated heterocycles. The summed E-state index contributed by atoms with van der Waals surface area (Å²) < 4.78 is 0. The average molecular weight is 220 g/mol. The van der Waals surface area contributed by atoms with Crippen LogP contribution in [0.5, 0.6) is 0 Å². The summed E-state index contributed by atoms with van der Waals surface area (Å²) in [6.07, 6.45) is 2.39. The summed E-state index contributed by atoms with van der Waals surface area (Å²) in [7, 11) is 2.18. The highest BCUT2D eigenvalue weighted by Gasteiger charge is 2.06. The van der Waals surface area contributed by atoms with E-state index in [0.29, 0.717) is 5.92 Å². The third-order valence-electron chi connectivity index (χ3n) is 3.13. The molecule has 1 aromatic carbocycles. The van der Waals surface area contributed by atoms with E-state index in [0.717, 1.165) is 19.6 Å². The summed E-state index contributed by atoms with van der Waals surface area (Å²) in [5.74, 6) is 0.679. The van der Waals surface area contributed by atoms with Gasteiger partial charge in [0, 0.05) is 6.54 Å². The van der Waals surface area contributed by atoms with E-state index in [1.165, 1.54) is 18.4 Å². The van der Waals surface area contributed by atoms with Crippen molar-refractivity contribution in [3.8, 4) is 0 Å². The Morgan fingerprint density at radius 2 is 1.94 bits per heavy atom. The molecule has 0 aliphatic rings. The van der Waals surface area contributed by atoms with E-state index < -0.39 is 0 Å². The number of benzene rings is 1. The van der Waals surface area contributed by atoms with Gasteiger partial charge in [0.2, 0.25) is 0 Å². The summed E-state index contributed by atoms with van der Waals surface area (Å²) in [4.78, 5) is 2.37. The third-order valence-corrected chi connectivity index (χ3v) is 3.13. The van der Waals surface area contributed by atoms with Crippen LogP contribution < -0.4 is 5.73 Å². The minimum absolute atomic E-state index is 0.679. The van der Waals surface area contributed by atoms with Gasteiger partial charge in [-0.15, -0.1) is 0 Å². The third kappa shape index (κ3) is 4.77. The predicted octanol–water partition coefficient (Wildman–Crippen LogP) is 2.49. The van der Waals surface area contributed by atoms with Crippen LogP contribution in [-0.4, -0.2) is 25.0 Å². The lowest BCUT2D eigenvalue weighted by molar-refractivity contribution is 0.292. The zero-order chi connectivity index (χ0) is 11.8. The zero-order valence-corrected chi connectivity index (χ0v) is 10.5.